The molecule has 3 atom stereocenters. The molecule has 7 nitrogen and oxygen atoms in total. The molecule has 1 fully saturated rings. The molecule has 0 spiro atoms. The quantitative estimate of drug-likeness (QED) is 0.672. The topological polar surface area (TPSA) is 103 Å². The van der Waals surface area contributed by atoms with Gasteiger partial charge in [-0.05, 0) is 12.8 Å². The zero-order valence-corrected chi connectivity index (χ0v) is 12.9. The predicted molar refractivity (Wildman–Crippen MR) is 75.0 cm³/mol. The summed E-state index contributed by atoms with van der Waals surface area (Å²) in [5.41, 5.74) is -0.962. The highest BCUT2D eigenvalue weighted by Crippen LogP contribution is 2.19. The standard InChI is InChI=1S/C14H23N3O4/c1-9(2)14(3,8-15)16-12(19)7-17-6-10(18)5-11(17)13(20)21-4/h9-11,18H,5-7H2,1-4H3,(H,16,19)/t10-,11+,14-/m1/s1. The lowest BCUT2D eigenvalue weighted by Gasteiger charge is -2.29. The van der Waals surface area contributed by atoms with Gasteiger partial charge in [0.25, 0.3) is 0 Å². The number of aliphatic hydroxyl groups excluding tert-OH is 1. The van der Waals surface area contributed by atoms with E-state index in [-0.39, 0.29) is 31.3 Å². The van der Waals surface area contributed by atoms with Gasteiger partial charge in [0.15, 0.2) is 0 Å². The molecule has 0 unspecified atom stereocenters. The molecule has 0 bridgehead atoms. The average Bonchev–Trinajstić information content (AvgIpc) is 2.77. The van der Waals surface area contributed by atoms with Crippen LogP contribution in [0.1, 0.15) is 27.2 Å². The fourth-order valence-corrected chi connectivity index (χ4v) is 2.25. The van der Waals surface area contributed by atoms with Crippen LogP contribution in [0.25, 0.3) is 0 Å². The van der Waals surface area contributed by atoms with Crippen LogP contribution in [0.15, 0.2) is 0 Å². The van der Waals surface area contributed by atoms with Gasteiger partial charge in [-0.25, -0.2) is 0 Å². The van der Waals surface area contributed by atoms with Crippen LogP contribution >= 0.6 is 0 Å². The Morgan fingerprint density at radius 1 is 1.57 bits per heavy atom. The summed E-state index contributed by atoms with van der Waals surface area (Å²) in [6.45, 7) is 5.53. The average molecular weight is 297 g/mol. The third-order valence-electron chi connectivity index (χ3n) is 3.99. The number of nitrogens with zero attached hydrogens (tertiary/aromatic N) is 2. The SMILES string of the molecule is COC(=O)[C@@H]1C[C@@H](O)CN1CC(=O)N[C@](C)(C#N)C(C)C. The van der Waals surface area contributed by atoms with E-state index >= 15 is 0 Å². The maximum absolute atomic E-state index is 12.1. The van der Waals surface area contributed by atoms with Crippen molar-refractivity contribution in [3.8, 4) is 6.07 Å². The van der Waals surface area contributed by atoms with Gasteiger partial charge in [-0.1, -0.05) is 13.8 Å². The summed E-state index contributed by atoms with van der Waals surface area (Å²) in [5, 5.41) is 21.5. The molecule has 2 N–H and O–H groups in total. The first kappa shape index (κ1) is 17.4. The van der Waals surface area contributed by atoms with Crippen LogP contribution in [0.5, 0.6) is 0 Å². The van der Waals surface area contributed by atoms with Crippen LogP contribution in [0.2, 0.25) is 0 Å². The second kappa shape index (κ2) is 6.87. The highest BCUT2D eigenvalue weighted by atomic mass is 16.5. The molecular weight excluding hydrogens is 274 g/mol. The number of carbonyl (C=O) groups excluding carboxylic acids is 2. The van der Waals surface area contributed by atoms with Gasteiger partial charge in [0.2, 0.25) is 5.91 Å². The second-order valence-corrected chi connectivity index (χ2v) is 5.87. The maximum atomic E-state index is 12.1. The van der Waals surface area contributed by atoms with Crippen molar-refractivity contribution >= 4 is 11.9 Å². The molecule has 1 amide bonds. The molecule has 0 aromatic heterocycles. The molecule has 0 aromatic carbocycles. The fourth-order valence-electron chi connectivity index (χ4n) is 2.25. The van der Waals surface area contributed by atoms with Gasteiger partial charge in [-0.15, -0.1) is 0 Å². The fraction of sp³-hybridized carbons (Fsp3) is 0.786. The lowest BCUT2D eigenvalue weighted by Crippen LogP contribution is -2.53. The van der Waals surface area contributed by atoms with Crippen LogP contribution in [0.4, 0.5) is 0 Å². The smallest absolute Gasteiger partial charge is 0.323 e. The number of nitriles is 1. The summed E-state index contributed by atoms with van der Waals surface area (Å²) in [5.74, 6) is -0.867. The Hall–Kier alpha value is -1.65. The minimum Gasteiger partial charge on any atom is -0.468 e. The Morgan fingerprint density at radius 3 is 2.67 bits per heavy atom. The van der Waals surface area contributed by atoms with Crippen LogP contribution in [0.3, 0.4) is 0 Å². The van der Waals surface area contributed by atoms with Gasteiger partial charge >= 0.3 is 5.97 Å². The maximum Gasteiger partial charge on any atom is 0.323 e. The summed E-state index contributed by atoms with van der Waals surface area (Å²) in [4.78, 5) is 25.3. The van der Waals surface area contributed by atoms with E-state index in [2.05, 4.69) is 16.1 Å². The normalized spacial score (nSPS) is 25.2. The molecule has 7 heteroatoms. The van der Waals surface area contributed by atoms with E-state index in [1.807, 2.05) is 13.8 Å². The number of likely N-dealkylation sites (tertiary alicyclic amines) is 1. The molecule has 0 aliphatic carbocycles. The Balaban J connectivity index is 2.69. The van der Waals surface area contributed by atoms with Crippen molar-refractivity contribution in [3.63, 3.8) is 0 Å². The van der Waals surface area contributed by atoms with Crippen molar-refractivity contribution in [2.45, 2.75) is 44.9 Å². The summed E-state index contributed by atoms with van der Waals surface area (Å²) in [6, 6.07) is 1.47. The number of ether oxygens (including phenoxy) is 1. The third-order valence-corrected chi connectivity index (χ3v) is 3.99. The van der Waals surface area contributed by atoms with E-state index in [0.29, 0.717) is 0 Å². The number of hydrogen-bond acceptors (Lipinski definition) is 6. The highest BCUT2D eigenvalue weighted by Gasteiger charge is 2.38. The van der Waals surface area contributed by atoms with Crippen LogP contribution in [-0.4, -0.2) is 59.8 Å². The third kappa shape index (κ3) is 4.16. The minimum absolute atomic E-state index is 0.0491. The number of hydrogen-bond donors (Lipinski definition) is 2. The van der Waals surface area contributed by atoms with Crippen molar-refractivity contribution < 1.29 is 19.4 Å². The molecule has 21 heavy (non-hydrogen) atoms. The van der Waals surface area contributed by atoms with Gasteiger partial charge in [0.1, 0.15) is 11.6 Å². The molecule has 1 rings (SSSR count). The molecule has 0 saturated carbocycles. The molecule has 118 valence electrons. The van der Waals surface area contributed by atoms with Crippen molar-refractivity contribution in [1.29, 1.82) is 5.26 Å². The Labute approximate surface area is 124 Å². The lowest BCUT2D eigenvalue weighted by molar-refractivity contribution is -0.146. The van der Waals surface area contributed by atoms with Crippen molar-refractivity contribution in [2.75, 3.05) is 20.2 Å². The number of nitrogens with one attached hydrogen (secondary N) is 1. The largest absolute Gasteiger partial charge is 0.468 e. The minimum atomic E-state index is -0.962. The van der Waals surface area contributed by atoms with Crippen molar-refractivity contribution in [3.05, 3.63) is 0 Å². The molecular formula is C14H23N3O4. The Bertz CT molecular complexity index is 446. The van der Waals surface area contributed by atoms with Crippen molar-refractivity contribution in [1.82, 2.24) is 10.2 Å². The Kier molecular flexibility index (Phi) is 5.70. The zero-order chi connectivity index (χ0) is 16.2. The zero-order valence-electron chi connectivity index (χ0n) is 12.9. The van der Waals surface area contributed by atoms with Gasteiger partial charge in [-0.2, -0.15) is 5.26 Å². The number of β-amino-alcohol motifs (C(OH)–C–C–N with tert-alkyl or cyclic N) is 1. The van der Waals surface area contributed by atoms with E-state index in [9.17, 15) is 20.0 Å². The number of aliphatic hydroxyl groups is 1. The molecule has 1 saturated heterocycles. The number of methoxy groups -OCH3 is 1. The summed E-state index contributed by atoms with van der Waals surface area (Å²) in [7, 11) is 1.27. The summed E-state index contributed by atoms with van der Waals surface area (Å²) >= 11 is 0. The van der Waals surface area contributed by atoms with Crippen LogP contribution in [-0.2, 0) is 14.3 Å². The monoisotopic (exact) mass is 297 g/mol. The molecule has 1 aliphatic heterocycles. The van der Waals surface area contributed by atoms with E-state index in [0.717, 1.165) is 0 Å². The van der Waals surface area contributed by atoms with Crippen LogP contribution < -0.4 is 5.32 Å². The molecule has 1 aliphatic rings. The first-order chi connectivity index (χ1) is 9.73. The molecule has 0 aromatic rings. The van der Waals surface area contributed by atoms with E-state index < -0.39 is 23.7 Å². The highest BCUT2D eigenvalue weighted by molar-refractivity contribution is 5.81. The van der Waals surface area contributed by atoms with Gasteiger partial charge in [0.05, 0.1) is 25.8 Å². The number of esters is 1. The molecule has 0 radical (unpaired) electrons. The predicted octanol–water partition coefficient (Wildman–Crippen LogP) is -0.351. The van der Waals surface area contributed by atoms with Crippen LogP contribution in [0, 0.1) is 17.2 Å². The number of carbonyl (C=O) groups is 2. The first-order valence-electron chi connectivity index (χ1n) is 6.95. The van der Waals surface area contributed by atoms with Gasteiger partial charge in [-0.3, -0.25) is 14.5 Å². The summed E-state index contributed by atoms with van der Waals surface area (Å²) < 4.78 is 4.68. The number of rotatable bonds is 5. The van der Waals surface area contributed by atoms with Gasteiger partial charge < -0.3 is 15.2 Å². The first-order valence-corrected chi connectivity index (χ1v) is 6.95. The summed E-state index contributed by atoms with van der Waals surface area (Å²) in [6.07, 6.45) is -0.408. The Morgan fingerprint density at radius 2 is 2.19 bits per heavy atom. The van der Waals surface area contributed by atoms with E-state index in [4.69, 9.17) is 0 Å². The van der Waals surface area contributed by atoms with Crippen molar-refractivity contribution in [2.24, 2.45) is 5.92 Å². The van der Waals surface area contributed by atoms with Gasteiger partial charge in [0, 0.05) is 13.0 Å². The lowest BCUT2D eigenvalue weighted by atomic mass is 9.90. The van der Waals surface area contributed by atoms with E-state index in [1.54, 1.807) is 11.8 Å². The van der Waals surface area contributed by atoms with E-state index in [1.165, 1.54) is 7.11 Å². The molecule has 1 heterocycles. The number of amides is 1. The second-order valence-electron chi connectivity index (χ2n) is 5.87.